The summed E-state index contributed by atoms with van der Waals surface area (Å²) in [7, 11) is 2.91. The Morgan fingerprint density at radius 3 is 2.84 bits per heavy atom. The maximum atomic E-state index is 11.4. The Hall–Kier alpha value is -1.75. The third-order valence-corrected chi connectivity index (χ3v) is 3.22. The molecule has 0 spiro atoms. The molecule has 1 aromatic rings. The van der Waals surface area contributed by atoms with Crippen molar-refractivity contribution in [3.05, 3.63) is 23.8 Å². The molecule has 0 radical (unpaired) electrons. The Bertz CT molecular complexity index is 441. The lowest BCUT2D eigenvalue weighted by molar-refractivity contribution is 0.0600. The van der Waals surface area contributed by atoms with Crippen LogP contribution in [0.4, 0.5) is 0 Å². The van der Waals surface area contributed by atoms with Gasteiger partial charge in [-0.1, -0.05) is 0 Å². The van der Waals surface area contributed by atoms with Gasteiger partial charge in [0, 0.05) is 12.5 Å². The molecule has 2 rings (SSSR count). The van der Waals surface area contributed by atoms with Crippen LogP contribution in [0.15, 0.2) is 18.2 Å². The molecule has 1 unspecified atom stereocenters. The fourth-order valence-electron chi connectivity index (χ4n) is 2.10. The summed E-state index contributed by atoms with van der Waals surface area (Å²) in [4.78, 5) is 11.4. The van der Waals surface area contributed by atoms with Crippen molar-refractivity contribution >= 4 is 5.97 Å². The lowest BCUT2D eigenvalue weighted by atomic mass is 10.1. The van der Waals surface area contributed by atoms with Gasteiger partial charge in [0.25, 0.3) is 0 Å². The third-order valence-electron chi connectivity index (χ3n) is 3.22. The van der Waals surface area contributed by atoms with E-state index in [9.17, 15) is 4.79 Å². The van der Waals surface area contributed by atoms with Crippen molar-refractivity contribution in [2.24, 2.45) is 5.92 Å². The lowest BCUT2D eigenvalue weighted by Crippen LogP contribution is -2.15. The SMILES string of the molecule is COC(=O)c1ccc(OCC2CCNC2)c(OC)c1. The molecule has 5 nitrogen and oxygen atoms in total. The van der Waals surface area contributed by atoms with E-state index in [1.807, 2.05) is 0 Å². The first kappa shape index (κ1) is 13.7. The molecule has 104 valence electrons. The van der Waals surface area contributed by atoms with Gasteiger partial charge >= 0.3 is 5.97 Å². The number of carbonyl (C=O) groups is 1. The van der Waals surface area contributed by atoms with E-state index in [-0.39, 0.29) is 5.97 Å². The van der Waals surface area contributed by atoms with Crippen LogP contribution in [0.25, 0.3) is 0 Å². The van der Waals surface area contributed by atoms with E-state index < -0.39 is 0 Å². The highest BCUT2D eigenvalue weighted by molar-refractivity contribution is 5.90. The van der Waals surface area contributed by atoms with Gasteiger partial charge in [0.05, 0.1) is 26.4 Å². The molecule has 19 heavy (non-hydrogen) atoms. The highest BCUT2D eigenvalue weighted by atomic mass is 16.5. The fourth-order valence-corrected chi connectivity index (χ4v) is 2.10. The van der Waals surface area contributed by atoms with E-state index in [2.05, 4.69) is 10.1 Å². The lowest BCUT2D eigenvalue weighted by Gasteiger charge is -2.14. The zero-order chi connectivity index (χ0) is 13.7. The maximum absolute atomic E-state index is 11.4. The van der Waals surface area contributed by atoms with E-state index in [0.29, 0.717) is 29.6 Å². The minimum Gasteiger partial charge on any atom is -0.493 e. The number of nitrogens with one attached hydrogen (secondary N) is 1. The Kier molecular flexibility index (Phi) is 4.63. The Balaban J connectivity index is 2.04. The zero-order valence-corrected chi connectivity index (χ0v) is 11.3. The summed E-state index contributed by atoms with van der Waals surface area (Å²) in [5.74, 6) is 1.35. The Morgan fingerprint density at radius 1 is 1.37 bits per heavy atom. The summed E-state index contributed by atoms with van der Waals surface area (Å²) >= 11 is 0. The van der Waals surface area contributed by atoms with Crippen molar-refractivity contribution in [3.63, 3.8) is 0 Å². The molecule has 1 atom stereocenters. The van der Waals surface area contributed by atoms with Gasteiger partial charge in [-0.05, 0) is 31.2 Å². The molecule has 1 aliphatic heterocycles. The fraction of sp³-hybridized carbons (Fsp3) is 0.500. The number of ether oxygens (including phenoxy) is 3. The van der Waals surface area contributed by atoms with Crippen molar-refractivity contribution < 1.29 is 19.0 Å². The van der Waals surface area contributed by atoms with Gasteiger partial charge in [0.1, 0.15) is 0 Å². The molecule has 0 bridgehead atoms. The summed E-state index contributed by atoms with van der Waals surface area (Å²) in [5, 5.41) is 3.30. The van der Waals surface area contributed by atoms with E-state index >= 15 is 0 Å². The summed E-state index contributed by atoms with van der Waals surface area (Å²) in [6.07, 6.45) is 1.13. The second kappa shape index (κ2) is 6.43. The molecular formula is C14H19NO4. The predicted octanol–water partition coefficient (Wildman–Crippen LogP) is 1.47. The molecule has 0 aliphatic carbocycles. The molecule has 0 aromatic heterocycles. The predicted molar refractivity (Wildman–Crippen MR) is 70.8 cm³/mol. The van der Waals surface area contributed by atoms with Gasteiger partial charge in [-0.2, -0.15) is 0 Å². The van der Waals surface area contributed by atoms with Crippen LogP contribution < -0.4 is 14.8 Å². The number of carbonyl (C=O) groups excluding carboxylic acids is 1. The molecule has 0 saturated carbocycles. The molecule has 1 saturated heterocycles. The molecule has 1 aromatic carbocycles. The van der Waals surface area contributed by atoms with Crippen LogP contribution in [-0.2, 0) is 4.74 Å². The minimum absolute atomic E-state index is 0.384. The largest absolute Gasteiger partial charge is 0.493 e. The number of esters is 1. The van der Waals surface area contributed by atoms with Gasteiger partial charge in [-0.25, -0.2) is 4.79 Å². The third kappa shape index (κ3) is 3.38. The number of hydrogen-bond donors (Lipinski definition) is 1. The summed E-state index contributed by atoms with van der Waals surface area (Å²) < 4.78 is 15.7. The molecule has 1 aliphatic rings. The molecule has 5 heteroatoms. The van der Waals surface area contributed by atoms with Crippen LogP contribution in [0.2, 0.25) is 0 Å². The van der Waals surface area contributed by atoms with Crippen molar-refractivity contribution in [1.82, 2.24) is 5.32 Å². The first-order valence-corrected chi connectivity index (χ1v) is 6.34. The normalized spacial score (nSPS) is 18.1. The van der Waals surface area contributed by atoms with Crippen LogP contribution in [0.5, 0.6) is 11.5 Å². The van der Waals surface area contributed by atoms with E-state index in [0.717, 1.165) is 19.5 Å². The van der Waals surface area contributed by atoms with Crippen molar-refractivity contribution in [2.75, 3.05) is 33.9 Å². The second-order valence-electron chi connectivity index (χ2n) is 4.53. The van der Waals surface area contributed by atoms with Crippen molar-refractivity contribution in [2.45, 2.75) is 6.42 Å². The van der Waals surface area contributed by atoms with Gasteiger partial charge in [-0.15, -0.1) is 0 Å². The minimum atomic E-state index is -0.384. The number of rotatable bonds is 5. The smallest absolute Gasteiger partial charge is 0.337 e. The number of hydrogen-bond acceptors (Lipinski definition) is 5. The van der Waals surface area contributed by atoms with Crippen LogP contribution in [-0.4, -0.2) is 39.9 Å². The van der Waals surface area contributed by atoms with Crippen LogP contribution >= 0.6 is 0 Å². The van der Waals surface area contributed by atoms with Crippen LogP contribution in [0.1, 0.15) is 16.8 Å². The monoisotopic (exact) mass is 265 g/mol. The van der Waals surface area contributed by atoms with E-state index in [4.69, 9.17) is 9.47 Å². The van der Waals surface area contributed by atoms with Crippen LogP contribution in [0, 0.1) is 5.92 Å². The molecule has 1 N–H and O–H groups in total. The standard InChI is InChI=1S/C14H19NO4/c1-17-13-7-11(14(16)18-2)3-4-12(13)19-9-10-5-6-15-8-10/h3-4,7,10,15H,5-6,8-9H2,1-2H3. The van der Waals surface area contributed by atoms with Crippen molar-refractivity contribution in [3.8, 4) is 11.5 Å². The summed E-state index contributed by atoms with van der Waals surface area (Å²) in [5.41, 5.74) is 0.453. The zero-order valence-electron chi connectivity index (χ0n) is 11.3. The Morgan fingerprint density at radius 2 is 2.21 bits per heavy atom. The second-order valence-corrected chi connectivity index (χ2v) is 4.53. The highest BCUT2D eigenvalue weighted by Gasteiger charge is 2.17. The van der Waals surface area contributed by atoms with E-state index in [1.165, 1.54) is 7.11 Å². The number of benzene rings is 1. The first-order chi connectivity index (χ1) is 9.24. The van der Waals surface area contributed by atoms with Gasteiger partial charge in [0.2, 0.25) is 0 Å². The first-order valence-electron chi connectivity index (χ1n) is 6.34. The average Bonchev–Trinajstić information content (AvgIpc) is 2.97. The van der Waals surface area contributed by atoms with Gasteiger partial charge in [-0.3, -0.25) is 0 Å². The molecular weight excluding hydrogens is 246 g/mol. The average molecular weight is 265 g/mol. The molecule has 1 heterocycles. The Labute approximate surface area is 112 Å². The van der Waals surface area contributed by atoms with Gasteiger partial charge in [0.15, 0.2) is 11.5 Å². The van der Waals surface area contributed by atoms with Gasteiger partial charge < -0.3 is 19.5 Å². The highest BCUT2D eigenvalue weighted by Crippen LogP contribution is 2.29. The topological polar surface area (TPSA) is 56.8 Å². The van der Waals surface area contributed by atoms with Crippen LogP contribution in [0.3, 0.4) is 0 Å². The quantitative estimate of drug-likeness (QED) is 0.817. The maximum Gasteiger partial charge on any atom is 0.337 e. The number of methoxy groups -OCH3 is 2. The van der Waals surface area contributed by atoms with E-state index in [1.54, 1.807) is 25.3 Å². The molecule has 0 amide bonds. The summed E-state index contributed by atoms with van der Waals surface area (Å²) in [6.45, 7) is 2.69. The van der Waals surface area contributed by atoms with Crippen molar-refractivity contribution in [1.29, 1.82) is 0 Å². The molecule has 1 fully saturated rings. The summed E-state index contributed by atoms with van der Waals surface area (Å²) in [6, 6.07) is 5.05.